The number of thiophene rings is 1. The van der Waals surface area contributed by atoms with E-state index in [-0.39, 0.29) is 17.9 Å². The van der Waals surface area contributed by atoms with Crippen LogP contribution in [0.25, 0.3) is 0 Å². The number of aromatic nitrogens is 2. The van der Waals surface area contributed by atoms with Crippen LogP contribution in [0, 0.1) is 0 Å². The Bertz CT molecular complexity index is 727. The first-order valence-corrected chi connectivity index (χ1v) is 9.09. The molecule has 134 valence electrons. The van der Waals surface area contributed by atoms with E-state index in [4.69, 9.17) is 9.47 Å². The Balaban J connectivity index is 1.69. The molecule has 2 aromatic rings. The lowest BCUT2D eigenvalue weighted by Crippen LogP contribution is -2.40. The van der Waals surface area contributed by atoms with Crippen molar-refractivity contribution in [1.29, 1.82) is 0 Å². The van der Waals surface area contributed by atoms with Crippen LogP contribution in [0.1, 0.15) is 29.8 Å². The second-order valence-electron chi connectivity index (χ2n) is 5.77. The van der Waals surface area contributed by atoms with E-state index in [1.54, 1.807) is 17.4 Å². The lowest BCUT2D eigenvalue weighted by Gasteiger charge is -2.34. The van der Waals surface area contributed by atoms with Crippen LogP contribution in [0.4, 0.5) is 5.95 Å². The SMILES string of the molecule is CC[C@H]1c2ccsc2CCN1CC(=O)Nc1nc(OC)cc(OC)n1. The lowest BCUT2D eigenvalue weighted by atomic mass is 9.98. The van der Waals surface area contributed by atoms with Gasteiger partial charge < -0.3 is 9.47 Å². The molecule has 0 spiro atoms. The van der Waals surface area contributed by atoms with Crippen molar-refractivity contribution in [1.82, 2.24) is 14.9 Å². The highest BCUT2D eigenvalue weighted by Crippen LogP contribution is 2.34. The van der Waals surface area contributed by atoms with E-state index in [1.807, 2.05) is 0 Å². The summed E-state index contributed by atoms with van der Waals surface area (Å²) >= 11 is 1.80. The van der Waals surface area contributed by atoms with E-state index in [2.05, 4.69) is 38.6 Å². The van der Waals surface area contributed by atoms with Crippen molar-refractivity contribution >= 4 is 23.2 Å². The van der Waals surface area contributed by atoms with Crippen LogP contribution >= 0.6 is 11.3 Å². The number of ether oxygens (including phenoxy) is 2. The van der Waals surface area contributed by atoms with E-state index in [9.17, 15) is 4.79 Å². The smallest absolute Gasteiger partial charge is 0.240 e. The van der Waals surface area contributed by atoms with Gasteiger partial charge in [-0.2, -0.15) is 9.97 Å². The van der Waals surface area contributed by atoms with Crippen molar-refractivity contribution in [2.24, 2.45) is 0 Å². The zero-order chi connectivity index (χ0) is 17.8. The van der Waals surface area contributed by atoms with Gasteiger partial charge in [-0.3, -0.25) is 15.0 Å². The van der Waals surface area contributed by atoms with Crippen LogP contribution in [0.3, 0.4) is 0 Å². The van der Waals surface area contributed by atoms with Crippen LogP contribution in [-0.4, -0.2) is 48.1 Å². The number of nitrogens with zero attached hydrogens (tertiary/aromatic N) is 3. The van der Waals surface area contributed by atoms with Crippen molar-refractivity contribution in [3.63, 3.8) is 0 Å². The van der Waals surface area contributed by atoms with E-state index >= 15 is 0 Å². The average Bonchev–Trinajstić information content (AvgIpc) is 3.09. The molecule has 7 nitrogen and oxygen atoms in total. The summed E-state index contributed by atoms with van der Waals surface area (Å²) in [6.45, 7) is 3.33. The summed E-state index contributed by atoms with van der Waals surface area (Å²) in [7, 11) is 3.01. The first-order chi connectivity index (χ1) is 12.1. The van der Waals surface area contributed by atoms with Gasteiger partial charge in [-0.1, -0.05) is 6.92 Å². The van der Waals surface area contributed by atoms with E-state index in [0.29, 0.717) is 18.3 Å². The highest BCUT2D eigenvalue weighted by atomic mass is 32.1. The fourth-order valence-corrected chi connectivity index (χ4v) is 4.06. The molecule has 25 heavy (non-hydrogen) atoms. The Hall–Kier alpha value is -2.19. The van der Waals surface area contributed by atoms with Crippen LogP contribution in [0.15, 0.2) is 17.5 Å². The molecule has 0 fully saturated rings. The quantitative estimate of drug-likeness (QED) is 0.851. The number of carbonyl (C=O) groups is 1. The molecular formula is C17H22N4O3S. The fraction of sp³-hybridized carbons (Fsp3) is 0.471. The zero-order valence-electron chi connectivity index (χ0n) is 14.6. The first kappa shape index (κ1) is 17.6. The Morgan fingerprint density at radius 3 is 2.72 bits per heavy atom. The monoisotopic (exact) mass is 362 g/mol. The molecule has 0 saturated heterocycles. The number of fused-ring (bicyclic) bond motifs is 1. The third kappa shape index (κ3) is 3.91. The number of carbonyl (C=O) groups excluding carboxylic acids is 1. The predicted octanol–water partition coefficient (Wildman–Crippen LogP) is 2.50. The molecule has 2 aromatic heterocycles. The van der Waals surface area contributed by atoms with E-state index < -0.39 is 0 Å². The number of amides is 1. The third-order valence-corrected chi connectivity index (χ3v) is 5.28. The van der Waals surface area contributed by atoms with Gasteiger partial charge in [0.2, 0.25) is 23.6 Å². The Labute approximate surface area is 151 Å². The molecule has 1 atom stereocenters. The number of anilines is 1. The standard InChI is InChI=1S/C17H22N4O3S/c1-4-12-11-6-8-25-13(11)5-7-21(12)10-14(22)18-17-19-15(23-2)9-16(20-17)24-3/h6,8-9,12H,4-5,7,10H2,1-3H3,(H,18,19,20,22)/t12-/m0/s1. The first-order valence-electron chi connectivity index (χ1n) is 8.21. The second-order valence-corrected chi connectivity index (χ2v) is 6.77. The van der Waals surface area contributed by atoms with Gasteiger partial charge in [-0.15, -0.1) is 11.3 Å². The Kier molecular flexibility index (Phi) is 5.50. The molecule has 1 aliphatic rings. The largest absolute Gasteiger partial charge is 0.481 e. The van der Waals surface area contributed by atoms with Crippen molar-refractivity contribution in [3.8, 4) is 11.8 Å². The average molecular weight is 362 g/mol. The molecule has 0 aliphatic carbocycles. The van der Waals surface area contributed by atoms with Gasteiger partial charge >= 0.3 is 0 Å². The van der Waals surface area contributed by atoms with Gasteiger partial charge in [0.1, 0.15) is 0 Å². The topological polar surface area (TPSA) is 76.6 Å². The van der Waals surface area contributed by atoms with Crippen LogP contribution in [0.2, 0.25) is 0 Å². The second kappa shape index (κ2) is 7.79. The molecule has 3 heterocycles. The molecule has 0 aromatic carbocycles. The molecular weight excluding hydrogens is 340 g/mol. The van der Waals surface area contributed by atoms with Crippen molar-refractivity contribution in [3.05, 3.63) is 28.0 Å². The van der Waals surface area contributed by atoms with Gasteiger partial charge in [-0.05, 0) is 29.9 Å². The summed E-state index contributed by atoms with van der Waals surface area (Å²) in [5.74, 6) is 0.721. The summed E-state index contributed by atoms with van der Waals surface area (Å²) in [6.07, 6.45) is 1.96. The number of hydrogen-bond donors (Lipinski definition) is 1. The normalized spacial score (nSPS) is 17.0. The van der Waals surface area contributed by atoms with Gasteiger partial charge in [0, 0.05) is 17.5 Å². The molecule has 0 saturated carbocycles. The zero-order valence-corrected chi connectivity index (χ0v) is 15.4. The highest BCUT2D eigenvalue weighted by Gasteiger charge is 2.28. The van der Waals surface area contributed by atoms with Crippen molar-refractivity contribution in [2.45, 2.75) is 25.8 Å². The number of hydrogen-bond acceptors (Lipinski definition) is 7. The maximum Gasteiger partial charge on any atom is 0.240 e. The molecule has 1 amide bonds. The lowest BCUT2D eigenvalue weighted by molar-refractivity contribution is -0.118. The van der Waals surface area contributed by atoms with Crippen molar-refractivity contribution in [2.75, 3.05) is 32.6 Å². The molecule has 1 N–H and O–H groups in total. The van der Waals surface area contributed by atoms with Crippen molar-refractivity contribution < 1.29 is 14.3 Å². The van der Waals surface area contributed by atoms with Gasteiger partial charge in [0.15, 0.2) is 0 Å². The van der Waals surface area contributed by atoms with Gasteiger partial charge in [0.05, 0.1) is 26.8 Å². The minimum atomic E-state index is -0.146. The summed E-state index contributed by atoms with van der Waals surface area (Å²) in [4.78, 5) is 24.4. The fourth-order valence-electron chi connectivity index (χ4n) is 3.13. The van der Waals surface area contributed by atoms with E-state index in [0.717, 1.165) is 19.4 Å². The van der Waals surface area contributed by atoms with Gasteiger partial charge in [-0.25, -0.2) is 0 Å². The summed E-state index contributed by atoms with van der Waals surface area (Å²) in [5.41, 5.74) is 1.35. The maximum absolute atomic E-state index is 12.5. The molecule has 1 aliphatic heterocycles. The minimum absolute atomic E-state index is 0.146. The third-order valence-electron chi connectivity index (χ3n) is 4.29. The molecule has 0 radical (unpaired) electrons. The number of nitrogens with one attached hydrogen (secondary N) is 1. The van der Waals surface area contributed by atoms with Crippen LogP contribution in [0.5, 0.6) is 11.8 Å². The van der Waals surface area contributed by atoms with Gasteiger partial charge in [0.25, 0.3) is 0 Å². The summed E-state index contributed by atoms with van der Waals surface area (Å²) in [6, 6.07) is 4.02. The van der Waals surface area contributed by atoms with E-state index in [1.165, 1.54) is 24.7 Å². The maximum atomic E-state index is 12.5. The molecule has 3 rings (SSSR count). The predicted molar refractivity (Wildman–Crippen MR) is 96.4 cm³/mol. The number of rotatable bonds is 6. The summed E-state index contributed by atoms with van der Waals surface area (Å²) < 4.78 is 10.2. The highest BCUT2D eigenvalue weighted by molar-refractivity contribution is 7.10. The van der Waals surface area contributed by atoms with Crippen LogP contribution < -0.4 is 14.8 Å². The molecule has 0 bridgehead atoms. The Morgan fingerprint density at radius 1 is 1.36 bits per heavy atom. The Morgan fingerprint density at radius 2 is 2.08 bits per heavy atom. The number of methoxy groups -OCH3 is 2. The minimum Gasteiger partial charge on any atom is -0.481 e. The molecule has 0 unspecified atom stereocenters. The summed E-state index contributed by atoms with van der Waals surface area (Å²) in [5, 5.41) is 4.87. The molecule has 8 heteroatoms. The van der Waals surface area contributed by atoms with Crippen LogP contribution in [-0.2, 0) is 11.2 Å².